The molecule has 1 atom stereocenters. The van der Waals surface area contributed by atoms with Crippen molar-refractivity contribution in [1.29, 1.82) is 0 Å². The second-order valence-corrected chi connectivity index (χ2v) is 15.7. The number of nitrogens with one attached hydrogen (secondary N) is 1. The van der Waals surface area contributed by atoms with Gasteiger partial charge in [0.05, 0.1) is 0 Å². The average molecular weight is 656 g/mol. The van der Waals surface area contributed by atoms with Gasteiger partial charge in [0.1, 0.15) is 0 Å². The number of carbonyl (C=O) groups is 2. The number of halogens is 3. The standard InChI is InChI=1S/C27H28ClFIN3O3S/c1-5-30-14-22(32-33-30)20-12-19-18(11-8-16-6-9-17(28)10-7-16)25(34)23(15-37-24(19)13-21(20)29)31-26(35)36-27(2,3)4/h6-7,9-14,23H,5,8,15H2,1-4H3,(H,31,35)/b18-11+/t23-/m0/s1. The van der Waals surface area contributed by atoms with Crippen LogP contribution in [0.15, 0.2) is 59.9 Å². The predicted molar refractivity (Wildman–Crippen MR) is 156 cm³/mol. The zero-order chi connectivity index (χ0) is 26.7. The molecule has 0 bridgehead atoms. The number of hydrogen-bond acceptors (Lipinski definition) is 6. The number of benzene rings is 2. The molecule has 196 valence electrons. The quantitative estimate of drug-likeness (QED) is 0.202. The fourth-order valence-electron chi connectivity index (χ4n) is 3.75. The van der Waals surface area contributed by atoms with Crippen molar-refractivity contribution < 1.29 is 18.7 Å². The molecule has 37 heavy (non-hydrogen) atoms. The Labute approximate surface area is 232 Å². The minimum atomic E-state index is -1.69. The fourth-order valence-corrected chi connectivity index (χ4v) is 7.49. The summed E-state index contributed by atoms with van der Waals surface area (Å²) >= 11 is 5.66. The first-order chi connectivity index (χ1) is 17.5. The first-order valence-corrected chi connectivity index (χ1v) is 16.9. The van der Waals surface area contributed by atoms with Crippen LogP contribution in [0.5, 0.6) is 0 Å². The molecular formula is C27H28ClFIN3O3S. The van der Waals surface area contributed by atoms with Gasteiger partial charge in [0.25, 0.3) is 0 Å². The van der Waals surface area contributed by atoms with Crippen LogP contribution in [-0.2, 0) is 16.0 Å². The second kappa shape index (κ2) is 11.7. The number of rotatable bonds is 5. The zero-order valence-corrected chi connectivity index (χ0v) is 24.7. The molecule has 4 rings (SSSR count). The van der Waals surface area contributed by atoms with Crippen LogP contribution in [0.4, 0.5) is 9.18 Å². The Hall–Kier alpha value is -2.24. The summed E-state index contributed by atoms with van der Waals surface area (Å²) in [7, 11) is 0. The third kappa shape index (κ3) is 7.00. The van der Waals surface area contributed by atoms with E-state index in [1.165, 1.54) is 17.8 Å². The van der Waals surface area contributed by atoms with E-state index in [1.807, 2.05) is 22.3 Å². The summed E-state index contributed by atoms with van der Waals surface area (Å²) in [6, 6.07) is 9.68. The summed E-state index contributed by atoms with van der Waals surface area (Å²) in [5, 5.41) is 7.58. The number of carbonyl (C=O) groups excluding carboxylic acids is 2. The Morgan fingerprint density at radius 1 is 1.27 bits per heavy atom. The summed E-state index contributed by atoms with van der Waals surface area (Å²) in [5.74, 6) is -0.419. The van der Waals surface area contributed by atoms with Crippen LogP contribution < -0.4 is 5.32 Å². The number of alkyl halides is 1. The number of hydrogen-bond donors (Lipinski definition) is 1. The molecule has 0 saturated heterocycles. The Morgan fingerprint density at radius 2 is 2.00 bits per heavy atom. The van der Waals surface area contributed by atoms with Crippen molar-refractivity contribution in [3.8, 4) is 0 Å². The Kier molecular flexibility index (Phi) is 8.75. The van der Waals surface area contributed by atoms with Crippen molar-refractivity contribution in [3.05, 3.63) is 74.1 Å². The van der Waals surface area contributed by atoms with Crippen molar-refractivity contribution in [3.63, 3.8) is 0 Å². The molecule has 2 aliphatic heterocycles. The molecular weight excluding hydrogens is 628 g/mol. The zero-order valence-electron chi connectivity index (χ0n) is 21.0. The molecule has 0 aliphatic carbocycles. The molecule has 1 N–H and O–H groups in total. The number of ether oxygens (including phenoxy) is 1. The topological polar surface area (TPSA) is 80.1 Å². The number of amides is 1. The van der Waals surface area contributed by atoms with Crippen molar-refractivity contribution in [1.82, 2.24) is 5.32 Å². The van der Waals surface area contributed by atoms with Crippen LogP contribution in [-0.4, -0.2) is 33.7 Å². The van der Waals surface area contributed by atoms with E-state index in [2.05, 4.69) is 20.7 Å². The van der Waals surface area contributed by atoms with Gasteiger partial charge in [0.2, 0.25) is 0 Å². The van der Waals surface area contributed by atoms with Crippen LogP contribution in [0.1, 0.15) is 44.4 Å². The number of nitrogens with zero attached hydrogens (tertiary/aromatic N) is 2. The Morgan fingerprint density at radius 3 is 2.65 bits per heavy atom. The predicted octanol–water partition coefficient (Wildman–Crippen LogP) is 7.88. The Balaban J connectivity index is 1.73. The van der Waals surface area contributed by atoms with Crippen LogP contribution in [0.3, 0.4) is 0 Å². The maximum absolute atomic E-state index is 15.3. The SMILES string of the molecule is CCI1C=C(c2cc3c(cc2F)SC[C@H](NC(=O)OC(C)(C)C)C(=O)/C3=C/Cc2ccc(Cl)cc2)N=N1. The van der Waals surface area contributed by atoms with Crippen molar-refractivity contribution in [2.24, 2.45) is 8.44 Å². The summed E-state index contributed by atoms with van der Waals surface area (Å²) in [6.07, 6.45) is 1.62. The number of fused-ring (bicyclic) bond motifs is 1. The van der Waals surface area contributed by atoms with E-state index in [0.29, 0.717) is 38.7 Å². The van der Waals surface area contributed by atoms with Gasteiger partial charge in [-0.3, -0.25) is 0 Å². The van der Waals surface area contributed by atoms with E-state index in [-0.39, 0.29) is 11.5 Å². The van der Waals surface area contributed by atoms with Gasteiger partial charge in [-0.15, -0.1) is 0 Å². The monoisotopic (exact) mass is 655 g/mol. The van der Waals surface area contributed by atoms with Crippen LogP contribution in [0.25, 0.3) is 11.3 Å². The molecule has 2 aromatic rings. The van der Waals surface area contributed by atoms with E-state index < -0.39 is 43.6 Å². The number of ketones is 1. The van der Waals surface area contributed by atoms with Crippen molar-refractivity contribution in [2.45, 2.75) is 50.7 Å². The molecule has 0 aromatic heterocycles. The van der Waals surface area contributed by atoms with Gasteiger partial charge in [0.15, 0.2) is 0 Å². The van der Waals surface area contributed by atoms with Gasteiger partial charge >= 0.3 is 202 Å². The van der Waals surface area contributed by atoms with Gasteiger partial charge in [0, 0.05) is 0 Å². The first-order valence-electron chi connectivity index (χ1n) is 11.8. The number of allylic oxidation sites excluding steroid dienone is 1. The van der Waals surface area contributed by atoms with Gasteiger partial charge < -0.3 is 0 Å². The molecule has 0 spiro atoms. The number of alkyl carbamates (subject to hydrolysis) is 1. The molecule has 2 aromatic carbocycles. The third-order valence-corrected chi connectivity index (χ3v) is 10.6. The van der Waals surface area contributed by atoms with Gasteiger partial charge in [-0.1, -0.05) is 11.6 Å². The second-order valence-electron chi connectivity index (χ2n) is 9.46. The first kappa shape index (κ1) is 27.8. The molecule has 0 saturated carbocycles. The number of Topliss-reactive ketones (excluding diaryl/α,β-unsaturated/α-hetero) is 1. The fraction of sp³-hybridized carbons (Fsp3) is 0.333. The molecule has 2 aliphatic rings. The molecule has 1 amide bonds. The van der Waals surface area contributed by atoms with Gasteiger partial charge in [-0.2, -0.15) is 0 Å². The van der Waals surface area contributed by atoms with E-state index in [1.54, 1.807) is 39.0 Å². The van der Waals surface area contributed by atoms with E-state index >= 15 is 4.39 Å². The summed E-state index contributed by atoms with van der Waals surface area (Å²) < 4.78 is 27.9. The molecule has 6 nitrogen and oxygen atoms in total. The molecule has 10 heteroatoms. The maximum atomic E-state index is 15.3. The van der Waals surface area contributed by atoms with Gasteiger partial charge in [-0.25, -0.2) is 0 Å². The third-order valence-electron chi connectivity index (χ3n) is 5.51. The van der Waals surface area contributed by atoms with Crippen molar-refractivity contribution in [2.75, 3.05) is 10.2 Å². The van der Waals surface area contributed by atoms with Crippen LogP contribution in [0.2, 0.25) is 5.02 Å². The molecule has 0 unspecified atom stereocenters. The van der Waals surface area contributed by atoms with E-state index in [4.69, 9.17) is 16.3 Å². The average Bonchev–Trinajstić information content (AvgIpc) is 3.27. The molecule has 0 radical (unpaired) electrons. The van der Waals surface area contributed by atoms with Crippen molar-refractivity contribution >= 4 is 66.6 Å². The summed E-state index contributed by atoms with van der Waals surface area (Å²) in [5.41, 5.74) is 2.15. The normalized spacial score (nSPS) is 19.5. The molecule has 0 fully saturated rings. The molecule has 2 heterocycles. The summed E-state index contributed by atoms with van der Waals surface area (Å²) in [4.78, 5) is 26.9. The van der Waals surface area contributed by atoms with E-state index in [9.17, 15) is 9.59 Å². The van der Waals surface area contributed by atoms with E-state index in [0.717, 1.165) is 9.99 Å². The van der Waals surface area contributed by atoms with Gasteiger partial charge in [-0.05, 0) is 20.8 Å². The Bertz CT molecular complexity index is 1310. The van der Waals surface area contributed by atoms with Crippen LogP contribution in [0, 0.1) is 5.82 Å². The number of thioether (sulfide) groups is 1. The van der Waals surface area contributed by atoms with Crippen LogP contribution >= 0.6 is 43.5 Å². The minimum absolute atomic E-state index is 0.246. The summed E-state index contributed by atoms with van der Waals surface area (Å²) in [6.45, 7) is 7.33.